The van der Waals surface area contributed by atoms with Gasteiger partial charge in [0.1, 0.15) is 0 Å². The van der Waals surface area contributed by atoms with Crippen molar-refractivity contribution in [2.45, 2.75) is 44.7 Å². The molecule has 0 heterocycles. The van der Waals surface area contributed by atoms with Crippen LogP contribution in [0.5, 0.6) is 0 Å². The first-order valence-corrected chi connectivity index (χ1v) is 8.90. The number of alkyl halides is 3. The van der Waals surface area contributed by atoms with Gasteiger partial charge in [0.15, 0.2) is 0 Å². The van der Waals surface area contributed by atoms with Crippen LogP contribution in [0, 0.1) is 5.92 Å². The Morgan fingerprint density at radius 3 is 2.35 bits per heavy atom. The van der Waals surface area contributed by atoms with Gasteiger partial charge in [-0.3, -0.25) is 0 Å². The predicted molar refractivity (Wildman–Crippen MR) is 84.1 cm³/mol. The molecule has 0 bridgehead atoms. The number of hydrogen-bond donors (Lipinski definition) is 2. The summed E-state index contributed by atoms with van der Waals surface area (Å²) >= 11 is 0. The van der Waals surface area contributed by atoms with E-state index < -0.39 is 33.1 Å². The van der Waals surface area contributed by atoms with E-state index in [9.17, 15) is 21.6 Å². The van der Waals surface area contributed by atoms with Crippen LogP contribution in [0.4, 0.5) is 13.2 Å². The molecule has 1 rings (SSSR count). The largest absolute Gasteiger partial charge is 0.416 e. The summed E-state index contributed by atoms with van der Waals surface area (Å²) < 4.78 is 65.1. The molecule has 0 aliphatic rings. The van der Waals surface area contributed by atoms with Crippen molar-refractivity contribution >= 4 is 10.0 Å². The highest BCUT2D eigenvalue weighted by Crippen LogP contribution is 2.30. The fraction of sp³-hybridized carbons (Fsp3) is 0.600. The molecule has 8 heteroatoms. The zero-order chi connectivity index (χ0) is 17.9. The van der Waals surface area contributed by atoms with Crippen LogP contribution in [-0.4, -0.2) is 20.5 Å². The lowest BCUT2D eigenvalue weighted by atomic mass is 9.92. The van der Waals surface area contributed by atoms with Gasteiger partial charge in [0.2, 0.25) is 10.0 Å². The minimum atomic E-state index is -4.50. The van der Waals surface area contributed by atoms with E-state index in [0.717, 1.165) is 12.1 Å². The van der Waals surface area contributed by atoms with Gasteiger partial charge in [0.05, 0.1) is 11.3 Å². The number of nitrogens with one attached hydrogen (secondary N) is 1. The number of sulfonamides is 1. The number of halogens is 3. The quantitative estimate of drug-likeness (QED) is 0.792. The maximum Gasteiger partial charge on any atom is 0.416 e. The molecule has 1 unspecified atom stereocenters. The summed E-state index contributed by atoms with van der Waals surface area (Å²) in [7, 11) is -3.81. The van der Waals surface area contributed by atoms with Crippen LogP contribution in [0.3, 0.4) is 0 Å². The lowest BCUT2D eigenvalue weighted by molar-refractivity contribution is -0.137. The Balaban J connectivity index is 2.95. The molecule has 0 aromatic heterocycles. The van der Waals surface area contributed by atoms with Crippen molar-refractivity contribution < 1.29 is 21.6 Å². The van der Waals surface area contributed by atoms with Crippen molar-refractivity contribution in [2.75, 3.05) is 6.54 Å². The van der Waals surface area contributed by atoms with E-state index in [-0.39, 0.29) is 18.0 Å². The summed E-state index contributed by atoms with van der Waals surface area (Å²) in [6.45, 7) is 5.67. The van der Waals surface area contributed by atoms with Crippen LogP contribution >= 0.6 is 0 Å². The summed E-state index contributed by atoms with van der Waals surface area (Å²) in [6.07, 6.45) is -3.97. The Labute approximate surface area is 135 Å². The molecule has 23 heavy (non-hydrogen) atoms. The van der Waals surface area contributed by atoms with E-state index in [1.54, 1.807) is 6.92 Å². The van der Waals surface area contributed by atoms with Crippen molar-refractivity contribution in [3.63, 3.8) is 0 Å². The van der Waals surface area contributed by atoms with Gasteiger partial charge in [0, 0.05) is 12.1 Å². The maximum atomic E-state index is 12.7. The second kappa shape index (κ2) is 7.19. The van der Waals surface area contributed by atoms with Gasteiger partial charge in [-0.05, 0) is 30.9 Å². The monoisotopic (exact) mass is 352 g/mol. The van der Waals surface area contributed by atoms with Crippen LogP contribution in [-0.2, 0) is 22.0 Å². The Morgan fingerprint density at radius 1 is 1.26 bits per heavy atom. The molecular weight excluding hydrogens is 329 g/mol. The molecular formula is C15H23F3N2O2S. The van der Waals surface area contributed by atoms with Gasteiger partial charge in [0.25, 0.3) is 0 Å². The molecule has 0 radical (unpaired) electrons. The molecule has 0 saturated carbocycles. The minimum Gasteiger partial charge on any atom is -0.329 e. The first-order chi connectivity index (χ1) is 10.4. The average molecular weight is 352 g/mol. The van der Waals surface area contributed by atoms with E-state index in [1.807, 2.05) is 13.8 Å². The Hall–Kier alpha value is -1.12. The van der Waals surface area contributed by atoms with Crippen molar-refractivity contribution in [3.05, 3.63) is 35.4 Å². The maximum absolute atomic E-state index is 12.7. The number of rotatable bonds is 7. The first-order valence-electron chi connectivity index (χ1n) is 7.25. The summed E-state index contributed by atoms with van der Waals surface area (Å²) in [6, 6.07) is 4.31. The van der Waals surface area contributed by atoms with Gasteiger partial charge in [-0.2, -0.15) is 13.2 Å². The normalized spacial score (nSPS) is 15.7. The smallest absolute Gasteiger partial charge is 0.329 e. The highest BCUT2D eigenvalue weighted by atomic mass is 32.2. The molecule has 1 atom stereocenters. The molecule has 1 aromatic carbocycles. The van der Waals surface area contributed by atoms with E-state index in [1.165, 1.54) is 12.1 Å². The minimum absolute atomic E-state index is 0.0799. The van der Waals surface area contributed by atoms with Gasteiger partial charge >= 0.3 is 6.18 Å². The highest BCUT2D eigenvalue weighted by molar-refractivity contribution is 7.88. The Morgan fingerprint density at radius 2 is 1.87 bits per heavy atom. The second-order valence-electron chi connectivity index (χ2n) is 6.42. The predicted octanol–water partition coefficient (Wildman–Crippen LogP) is 2.89. The molecule has 3 N–H and O–H groups in total. The molecule has 132 valence electrons. The highest BCUT2D eigenvalue weighted by Gasteiger charge is 2.32. The van der Waals surface area contributed by atoms with Crippen molar-refractivity contribution in [1.82, 2.24) is 4.72 Å². The Bertz CT molecular complexity index is 630. The molecule has 4 nitrogen and oxygen atoms in total. The molecule has 0 amide bonds. The fourth-order valence-corrected chi connectivity index (χ4v) is 4.14. The van der Waals surface area contributed by atoms with Crippen molar-refractivity contribution in [1.29, 1.82) is 0 Å². The topological polar surface area (TPSA) is 72.2 Å². The van der Waals surface area contributed by atoms with E-state index >= 15 is 0 Å². The van der Waals surface area contributed by atoms with Crippen LogP contribution in [0.25, 0.3) is 0 Å². The van der Waals surface area contributed by atoms with Crippen LogP contribution in [0.15, 0.2) is 24.3 Å². The second-order valence-corrected chi connectivity index (χ2v) is 8.14. The SMILES string of the molecule is CC(C)CC(C)(CN)NS(=O)(=O)Cc1cccc(C(F)(F)F)c1. The number of nitrogens with two attached hydrogens (primary N) is 1. The number of benzene rings is 1. The third kappa shape index (κ3) is 6.48. The molecule has 1 aromatic rings. The van der Waals surface area contributed by atoms with E-state index in [2.05, 4.69) is 4.72 Å². The number of hydrogen-bond acceptors (Lipinski definition) is 3. The van der Waals surface area contributed by atoms with Gasteiger partial charge < -0.3 is 5.73 Å². The first kappa shape index (κ1) is 19.9. The zero-order valence-corrected chi connectivity index (χ0v) is 14.3. The summed E-state index contributed by atoms with van der Waals surface area (Å²) in [4.78, 5) is 0. The fourth-order valence-electron chi connectivity index (χ4n) is 2.54. The molecule has 0 aliphatic carbocycles. The zero-order valence-electron chi connectivity index (χ0n) is 13.4. The summed E-state index contributed by atoms with van der Waals surface area (Å²) in [5, 5.41) is 0. The summed E-state index contributed by atoms with van der Waals surface area (Å²) in [5.74, 6) is -0.301. The lowest BCUT2D eigenvalue weighted by Crippen LogP contribution is -2.52. The summed E-state index contributed by atoms with van der Waals surface area (Å²) in [5.41, 5.74) is 4.05. The lowest BCUT2D eigenvalue weighted by Gasteiger charge is -2.30. The standard InChI is InChI=1S/C15H23F3N2O2S/c1-11(2)8-14(3,10-19)20-23(21,22)9-12-5-4-6-13(7-12)15(16,17)18/h4-7,11,20H,8-10,19H2,1-3H3. The van der Waals surface area contributed by atoms with Crippen molar-refractivity contribution in [2.24, 2.45) is 11.7 Å². The van der Waals surface area contributed by atoms with Crippen molar-refractivity contribution in [3.8, 4) is 0 Å². The van der Waals surface area contributed by atoms with Crippen LogP contribution in [0.2, 0.25) is 0 Å². The molecule has 0 spiro atoms. The molecule has 0 saturated heterocycles. The van der Waals surface area contributed by atoms with Gasteiger partial charge in [-0.25, -0.2) is 13.1 Å². The van der Waals surface area contributed by atoms with Gasteiger partial charge in [-0.1, -0.05) is 32.0 Å². The third-order valence-corrected chi connectivity index (χ3v) is 4.84. The third-order valence-electron chi connectivity index (χ3n) is 3.32. The van der Waals surface area contributed by atoms with E-state index in [4.69, 9.17) is 5.73 Å². The Kier molecular flexibility index (Phi) is 6.23. The molecule has 0 fully saturated rings. The van der Waals surface area contributed by atoms with Crippen LogP contribution in [0.1, 0.15) is 38.3 Å². The van der Waals surface area contributed by atoms with Gasteiger partial charge in [-0.15, -0.1) is 0 Å². The van der Waals surface area contributed by atoms with E-state index in [0.29, 0.717) is 6.42 Å². The van der Waals surface area contributed by atoms with Crippen LogP contribution < -0.4 is 10.5 Å². The molecule has 0 aliphatic heterocycles. The average Bonchev–Trinajstić information content (AvgIpc) is 2.35.